The zero-order valence-corrected chi connectivity index (χ0v) is 8.80. The molecule has 1 aromatic rings. The van der Waals surface area contributed by atoms with Gasteiger partial charge in [-0.05, 0) is 13.8 Å². The highest BCUT2D eigenvalue weighted by molar-refractivity contribution is 5.99. The summed E-state index contributed by atoms with van der Waals surface area (Å²) >= 11 is 0. The molecule has 0 fully saturated rings. The van der Waals surface area contributed by atoms with Crippen LogP contribution in [0.5, 0.6) is 0 Å². The van der Waals surface area contributed by atoms with E-state index in [9.17, 15) is 0 Å². The molecule has 0 amide bonds. The predicted molar refractivity (Wildman–Crippen MR) is 58.6 cm³/mol. The molecule has 0 spiro atoms. The minimum absolute atomic E-state index is 0. The molecule has 14 heavy (non-hydrogen) atoms. The van der Waals surface area contributed by atoms with Gasteiger partial charge in [-0.3, -0.25) is 5.10 Å². The second-order valence-corrected chi connectivity index (χ2v) is 2.62. The third-order valence-corrected chi connectivity index (χ3v) is 1.54. The summed E-state index contributed by atoms with van der Waals surface area (Å²) in [6, 6.07) is 0. The lowest BCUT2D eigenvalue weighted by atomic mass is 10.2. The monoisotopic (exact) mass is 216 g/mol. The van der Waals surface area contributed by atoms with Crippen LogP contribution in [0, 0.1) is 6.92 Å². The topological polar surface area (TPSA) is 105 Å². The van der Waals surface area contributed by atoms with Gasteiger partial charge < -0.3 is 11.5 Å². The van der Waals surface area contributed by atoms with E-state index in [0.717, 1.165) is 17.0 Å². The SMILES string of the molecule is C/C(=N/N=C(N)N)c1cn[nH]c1C.Cl. The van der Waals surface area contributed by atoms with Crippen LogP contribution < -0.4 is 11.5 Å². The van der Waals surface area contributed by atoms with Gasteiger partial charge in [0.1, 0.15) is 0 Å². The van der Waals surface area contributed by atoms with Gasteiger partial charge in [0.15, 0.2) is 0 Å². The Morgan fingerprint density at radius 3 is 2.50 bits per heavy atom. The highest BCUT2D eigenvalue weighted by atomic mass is 35.5. The zero-order valence-electron chi connectivity index (χ0n) is 7.98. The second-order valence-electron chi connectivity index (χ2n) is 2.62. The number of halogens is 1. The number of guanidine groups is 1. The lowest BCUT2D eigenvalue weighted by molar-refractivity contribution is 1.05. The average molecular weight is 217 g/mol. The summed E-state index contributed by atoms with van der Waals surface area (Å²) in [6.07, 6.45) is 1.68. The minimum Gasteiger partial charge on any atom is -0.369 e. The first-order chi connectivity index (χ1) is 6.11. The van der Waals surface area contributed by atoms with E-state index in [2.05, 4.69) is 20.4 Å². The maximum atomic E-state index is 5.13. The Labute approximate surface area is 87.9 Å². The Bertz CT molecular complexity index is 349. The molecule has 0 saturated carbocycles. The standard InChI is InChI=1S/C7H12N6.ClH/c1-4-6(3-10-11-4)5(2)12-13-7(8)9;/h3H,1-2H3,(H,10,11)(H4,8,9,13);1H/b12-5-;. The van der Waals surface area contributed by atoms with Crippen molar-refractivity contribution in [1.82, 2.24) is 10.2 Å². The van der Waals surface area contributed by atoms with Crippen LogP contribution in [-0.2, 0) is 0 Å². The summed E-state index contributed by atoms with van der Waals surface area (Å²) in [5.74, 6) is -0.0551. The van der Waals surface area contributed by atoms with Crippen LogP contribution in [0.4, 0.5) is 0 Å². The lowest BCUT2D eigenvalue weighted by Gasteiger charge is -1.94. The molecule has 0 aliphatic carbocycles. The second kappa shape index (κ2) is 5.23. The van der Waals surface area contributed by atoms with Crippen LogP contribution in [0.1, 0.15) is 18.2 Å². The van der Waals surface area contributed by atoms with Gasteiger partial charge in [0.05, 0.1) is 11.9 Å². The largest absolute Gasteiger partial charge is 0.369 e. The summed E-state index contributed by atoms with van der Waals surface area (Å²) in [5, 5.41) is 14.0. The van der Waals surface area contributed by atoms with Crippen LogP contribution in [0.25, 0.3) is 0 Å². The van der Waals surface area contributed by atoms with E-state index in [-0.39, 0.29) is 18.4 Å². The zero-order chi connectivity index (χ0) is 9.84. The van der Waals surface area contributed by atoms with E-state index >= 15 is 0 Å². The molecule has 0 atom stereocenters. The first-order valence-corrected chi connectivity index (χ1v) is 3.75. The van der Waals surface area contributed by atoms with E-state index in [0.29, 0.717) is 0 Å². The van der Waals surface area contributed by atoms with Crippen molar-refractivity contribution in [2.24, 2.45) is 21.7 Å². The Morgan fingerprint density at radius 2 is 2.07 bits per heavy atom. The summed E-state index contributed by atoms with van der Waals surface area (Å²) < 4.78 is 0. The van der Waals surface area contributed by atoms with E-state index < -0.39 is 0 Å². The maximum Gasteiger partial charge on any atom is 0.211 e. The quantitative estimate of drug-likeness (QED) is 0.372. The highest BCUT2D eigenvalue weighted by Crippen LogP contribution is 2.04. The number of nitrogens with one attached hydrogen (secondary N) is 1. The number of nitrogens with zero attached hydrogens (tertiary/aromatic N) is 3. The molecule has 1 heterocycles. The average Bonchev–Trinajstić information content (AvgIpc) is 2.47. The normalized spacial score (nSPS) is 10.6. The number of nitrogens with two attached hydrogens (primary N) is 2. The molecular weight excluding hydrogens is 204 g/mol. The molecule has 0 aliphatic rings. The third-order valence-electron chi connectivity index (χ3n) is 1.54. The molecule has 0 radical (unpaired) electrons. The maximum absolute atomic E-state index is 5.13. The first-order valence-electron chi connectivity index (χ1n) is 3.75. The third kappa shape index (κ3) is 3.06. The van der Waals surface area contributed by atoms with E-state index in [1.807, 2.05) is 13.8 Å². The fourth-order valence-electron chi connectivity index (χ4n) is 0.902. The predicted octanol–water partition coefficient (Wildman–Crippen LogP) is 0.137. The van der Waals surface area contributed by atoms with Crippen molar-refractivity contribution in [2.75, 3.05) is 0 Å². The summed E-state index contributed by atoms with van der Waals surface area (Å²) in [4.78, 5) is 0. The Hall–Kier alpha value is -1.56. The molecule has 0 bridgehead atoms. The van der Waals surface area contributed by atoms with Crippen molar-refractivity contribution in [3.63, 3.8) is 0 Å². The van der Waals surface area contributed by atoms with Crippen molar-refractivity contribution in [1.29, 1.82) is 0 Å². The van der Waals surface area contributed by atoms with Crippen molar-refractivity contribution < 1.29 is 0 Å². The van der Waals surface area contributed by atoms with Crippen LogP contribution in [-0.4, -0.2) is 21.9 Å². The van der Waals surface area contributed by atoms with Crippen molar-refractivity contribution in [3.05, 3.63) is 17.5 Å². The van der Waals surface area contributed by atoms with Crippen LogP contribution in [0.3, 0.4) is 0 Å². The number of hydrogen-bond donors (Lipinski definition) is 3. The fraction of sp³-hybridized carbons (Fsp3) is 0.286. The highest BCUT2D eigenvalue weighted by Gasteiger charge is 2.02. The van der Waals surface area contributed by atoms with Gasteiger partial charge in [0, 0.05) is 11.3 Å². The summed E-state index contributed by atoms with van der Waals surface area (Å²) in [7, 11) is 0. The summed E-state index contributed by atoms with van der Waals surface area (Å²) in [6.45, 7) is 3.71. The first kappa shape index (κ1) is 12.4. The molecule has 78 valence electrons. The number of H-pyrrole nitrogens is 1. The van der Waals surface area contributed by atoms with Crippen molar-refractivity contribution >= 4 is 24.1 Å². The van der Waals surface area contributed by atoms with E-state index in [1.165, 1.54) is 0 Å². The van der Waals surface area contributed by atoms with E-state index in [4.69, 9.17) is 11.5 Å². The van der Waals surface area contributed by atoms with E-state index in [1.54, 1.807) is 6.20 Å². The van der Waals surface area contributed by atoms with Crippen molar-refractivity contribution in [3.8, 4) is 0 Å². The number of aromatic amines is 1. The molecule has 0 saturated heterocycles. The molecule has 1 aromatic heterocycles. The smallest absolute Gasteiger partial charge is 0.211 e. The molecule has 0 unspecified atom stereocenters. The Kier molecular flexibility index (Phi) is 4.65. The van der Waals surface area contributed by atoms with Gasteiger partial charge in [0.2, 0.25) is 5.96 Å². The molecular formula is C7H13ClN6. The fourth-order valence-corrected chi connectivity index (χ4v) is 0.902. The minimum atomic E-state index is -0.0551. The molecule has 7 heteroatoms. The number of rotatable bonds is 2. The summed E-state index contributed by atoms with van der Waals surface area (Å²) in [5.41, 5.74) is 12.8. The van der Waals surface area contributed by atoms with Gasteiger partial charge >= 0.3 is 0 Å². The van der Waals surface area contributed by atoms with Crippen LogP contribution in [0.2, 0.25) is 0 Å². The number of hydrogen-bond acceptors (Lipinski definition) is 3. The number of aromatic nitrogens is 2. The van der Waals surface area contributed by atoms with Crippen molar-refractivity contribution in [2.45, 2.75) is 13.8 Å². The van der Waals surface area contributed by atoms with Gasteiger partial charge in [-0.15, -0.1) is 17.5 Å². The van der Waals surface area contributed by atoms with Gasteiger partial charge in [0.25, 0.3) is 0 Å². The van der Waals surface area contributed by atoms with Gasteiger partial charge in [-0.2, -0.15) is 10.2 Å². The van der Waals surface area contributed by atoms with Gasteiger partial charge in [-0.1, -0.05) is 0 Å². The molecule has 5 N–H and O–H groups in total. The lowest BCUT2D eigenvalue weighted by Crippen LogP contribution is -2.22. The molecule has 0 aliphatic heterocycles. The van der Waals surface area contributed by atoms with Crippen LogP contribution in [0.15, 0.2) is 16.4 Å². The molecule has 6 nitrogen and oxygen atoms in total. The van der Waals surface area contributed by atoms with Gasteiger partial charge in [-0.25, -0.2) is 0 Å². The Morgan fingerprint density at radius 1 is 1.43 bits per heavy atom. The van der Waals surface area contributed by atoms with Crippen LogP contribution >= 0.6 is 12.4 Å². The molecule has 0 aromatic carbocycles. The molecule has 1 rings (SSSR count). The number of aryl methyl sites for hydroxylation is 1. The Balaban J connectivity index is 0.00000169.